The number of aliphatic hydroxyl groups is 7. The van der Waals surface area contributed by atoms with Gasteiger partial charge in [0.1, 0.15) is 31.0 Å². The first-order chi connectivity index (χ1) is 18.7. The average Bonchev–Trinajstić information content (AvgIpc) is 3.45. The lowest BCUT2D eigenvalue weighted by atomic mass is 9.41. The van der Waals surface area contributed by atoms with Gasteiger partial charge in [-0.25, -0.2) is 4.79 Å². The van der Waals surface area contributed by atoms with Gasteiger partial charge in [0.15, 0.2) is 6.29 Å². The number of aliphatic hydroxyl groups excluding tert-OH is 4. The molecule has 0 amide bonds. The van der Waals surface area contributed by atoms with Crippen molar-refractivity contribution in [2.24, 2.45) is 22.7 Å². The summed E-state index contributed by atoms with van der Waals surface area (Å²) in [5, 5.41) is 76.6. The van der Waals surface area contributed by atoms with Crippen molar-refractivity contribution >= 4 is 5.97 Å². The molecule has 0 unspecified atom stereocenters. The van der Waals surface area contributed by atoms with Crippen LogP contribution in [0.1, 0.15) is 71.6 Å². The maximum Gasteiger partial charge on any atom is 0.331 e. The van der Waals surface area contributed by atoms with Gasteiger partial charge in [-0.3, -0.25) is 0 Å². The van der Waals surface area contributed by atoms with Crippen molar-refractivity contribution < 1.29 is 54.8 Å². The molecule has 40 heavy (non-hydrogen) atoms. The average molecular weight is 569 g/mol. The van der Waals surface area contributed by atoms with Gasteiger partial charge in [0.2, 0.25) is 0 Å². The zero-order chi connectivity index (χ0) is 28.9. The molecule has 11 heteroatoms. The summed E-state index contributed by atoms with van der Waals surface area (Å²) in [6.07, 6.45) is -1.45. The lowest BCUT2D eigenvalue weighted by Crippen LogP contribution is -2.69. The Bertz CT molecular complexity index is 1060. The number of carbonyl (C=O) groups is 1. The summed E-state index contributed by atoms with van der Waals surface area (Å²) in [6.45, 7) is 3.53. The van der Waals surface area contributed by atoms with Crippen molar-refractivity contribution in [2.75, 3.05) is 13.2 Å². The summed E-state index contributed by atoms with van der Waals surface area (Å²) < 4.78 is 16.7. The van der Waals surface area contributed by atoms with E-state index in [1.54, 1.807) is 0 Å². The number of rotatable bonds is 4. The third-order valence-electron chi connectivity index (χ3n) is 12.5. The normalized spacial score (nSPS) is 56.1. The van der Waals surface area contributed by atoms with Gasteiger partial charge in [0, 0.05) is 23.5 Å². The molecule has 226 valence electrons. The Hall–Kier alpha value is -1.15. The van der Waals surface area contributed by atoms with Crippen LogP contribution < -0.4 is 0 Å². The molecular weight excluding hydrogens is 524 g/mol. The third-order valence-corrected chi connectivity index (χ3v) is 12.5. The Morgan fingerprint density at radius 1 is 0.925 bits per heavy atom. The highest BCUT2D eigenvalue weighted by Gasteiger charge is 2.74. The minimum Gasteiger partial charge on any atom is -0.458 e. The smallest absolute Gasteiger partial charge is 0.331 e. The lowest BCUT2D eigenvalue weighted by Gasteiger charge is -2.66. The van der Waals surface area contributed by atoms with E-state index >= 15 is 0 Å². The van der Waals surface area contributed by atoms with Crippen LogP contribution in [-0.4, -0.2) is 109 Å². The summed E-state index contributed by atoms with van der Waals surface area (Å²) in [6, 6.07) is 0. The Balaban J connectivity index is 1.21. The fraction of sp³-hybridized carbons (Fsp3) is 0.897. The molecule has 0 aromatic carbocycles. The SMILES string of the molecule is C[C@]12CC[C@H]3[C@@H](CC[C@@]4(O)C[C@@H](O[C@@H]5O[C@H](CO)[C@@H](O)[C@H](O)[C@H]5O)CC[C@]34C)[C@@]1(O)CC[C@@]2(O)C1=CC(=O)OC1. The van der Waals surface area contributed by atoms with Crippen molar-refractivity contribution in [3.63, 3.8) is 0 Å². The first-order valence-corrected chi connectivity index (χ1v) is 14.7. The van der Waals surface area contributed by atoms with Crippen molar-refractivity contribution in [1.29, 1.82) is 0 Å². The molecule has 0 bridgehead atoms. The number of hydrogen-bond acceptors (Lipinski definition) is 11. The Morgan fingerprint density at radius 2 is 1.65 bits per heavy atom. The van der Waals surface area contributed by atoms with Crippen LogP contribution in [0.25, 0.3) is 0 Å². The van der Waals surface area contributed by atoms with Crippen LogP contribution in [0.3, 0.4) is 0 Å². The van der Waals surface area contributed by atoms with E-state index in [9.17, 15) is 40.5 Å². The standard InChI is InChI=1S/C29H44O11/c1-25-6-3-16(39-24-23(34)22(33)21(32)19(13-30)40-24)12-27(25,35)8-5-18-17(25)4-7-26(2)28(36,9-10-29(18,26)37)15-11-20(31)38-14-15/h11,16-19,21-24,30,32-37H,3-10,12-14H2,1-2H3/t16-,17-,18+,19+,21+,22-,23+,24+,25+,26+,27+,28+,29-/m0/s1. The first-order valence-electron chi connectivity index (χ1n) is 14.7. The fourth-order valence-electron chi connectivity index (χ4n) is 9.81. The molecular formula is C29H44O11. The molecule has 0 aromatic heterocycles. The molecule has 1 saturated heterocycles. The van der Waals surface area contributed by atoms with E-state index in [1.807, 2.05) is 6.92 Å². The highest BCUT2D eigenvalue weighted by molar-refractivity contribution is 5.86. The van der Waals surface area contributed by atoms with Crippen molar-refractivity contribution in [3.05, 3.63) is 11.6 Å². The van der Waals surface area contributed by atoms with Crippen molar-refractivity contribution in [3.8, 4) is 0 Å². The second-order valence-electron chi connectivity index (χ2n) is 13.8. The molecule has 11 nitrogen and oxygen atoms in total. The monoisotopic (exact) mass is 568 g/mol. The zero-order valence-electron chi connectivity index (χ0n) is 23.2. The van der Waals surface area contributed by atoms with E-state index in [2.05, 4.69) is 6.92 Å². The number of ether oxygens (including phenoxy) is 3. The molecule has 2 heterocycles. The maximum absolute atomic E-state index is 12.4. The fourth-order valence-corrected chi connectivity index (χ4v) is 9.81. The van der Waals surface area contributed by atoms with Gasteiger partial charge >= 0.3 is 5.97 Å². The second-order valence-corrected chi connectivity index (χ2v) is 13.8. The molecule has 4 saturated carbocycles. The second kappa shape index (κ2) is 9.42. The predicted molar refractivity (Wildman–Crippen MR) is 137 cm³/mol. The van der Waals surface area contributed by atoms with Crippen molar-refractivity contribution in [1.82, 2.24) is 0 Å². The molecule has 0 radical (unpaired) electrons. The molecule has 0 spiro atoms. The third kappa shape index (κ3) is 3.72. The lowest BCUT2D eigenvalue weighted by molar-refractivity contribution is -0.325. The van der Waals surface area contributed by atoms with Crippen molar-refractivity contribution in [2.45, 2.75) is 125 Å². The Morgan fingerprint density at radius 3 is 2.33 bits per heavy atom. The molecule has 7 N–H and O–H groups in total. The van der Waals surface area contributed by atoms with Crippen LogP contribution >= 0.6 is 0 Å². The topological polar surface area (TPSA) is 186 Å². The minimum atomic E-state index is -1.53. The van der Waals surface area contributed by atoms with E-state index in [-0.39, 0.29) is 24.9 Å². The van der Waals surface area contributed by atoms with Gasteiger partial charge in [0.25, 0.3) is 0 Å². The van der Waals surface area contributed by atoms with E-state index < -0.39 is 77.0 Å². The maximum atomic E-state index is 12.4. The van der Waals surface area contributed by atoms with E-state index in [4.69, 9.17) is 14.2 Å². The molecule has 5 fully saturated rings. The van der Waals surface area contributed by atoms with Crippen LogP contribution in [0.4, 0.5) is 0 Å². The van der Waals surface area contributed by atoms with Gasteiger partial charge in [-0.1, -0.05) is 13.8 Å². The number of fused-ring (bicyclic) bond motifs is 5. The number of esters is 1. The Labute approximate surface area is 233 Å². The zero-order valence-corrected chi connectivity index (χ0v) is 23.2. The van der Waals surface area contributed by atoms with E-state index in [0.29, 0.717) is 56.9 Å². The summed E-state index contributed by atoms with van der Waals surface area (Å²) in [5.41, 5.74) is -4.42. The predicted octanol–water partition coefficient (Wildman–Crippen LogP) is -0.342. The van der Waals surface area contributed by atoms with Gasteiger partial charge in [-0.15, -0.1) is 0 Å². The highest BCUT2D eigenvalue weighted by Crippen LogP contribution is 2.71. The minimum absolute atomic E-state index is 0.00956. The first kappa shape index (κ1) is 28.9. The van der Waals surface area contributed by atoms with Crippen LogP contribution in [0.2, 0.25) is 0 Å². The Kier molecular flexibility index (Phi) is 6.82. The summed E-state index contributed by atoms with van der Waals surface area (Å²) in [4.78, 5) is 11.8. The molecule has 0 aromatic rings. The van der Waals surface area contributed by atoms with Gasteiger partial charge in [-0.2, -0.15) is 0 Å². The number of cyclic esters (lactones) is 1. The summed E-state index contributed by atoms with van der Waals surface area (Å²) in [7, 11) is 0. The molecule has 2 aliphatic heterocycles. The van der Waals surface area contributed by atoms with Crippen LogP contribution in [0.15, 0.2) is 11.6 Å². The van der Waals surface area contributed by atoms with Crippen LogP contribution in [0.5, 0.6) is 0 Å². The van der Waals surface area contributed by atoms with Gasteiger partial charge < -0.3 is 50.0 Å². The number of hydrogen-bond donors (Lipinski definition) is 7. The quantitative estimate of drug-likeness (QED) is 0.174. The molecule has 4 aliphatic carbocycles. The van der Waals surface area contributed by atoms with Gasteiger partial charge in [0.05, 0.1) is 29.5 Å². The highest BCUT2D eigenvalue weighted by atomic mass is 16.7. The molecule has 6 rings (SSSR count). The van der Waals surface area contributed by atoms with E-state index in [1.165, 1.54) is 6.08 Å². The van der Waals surface area contributed by atoms with Crippen LogP contribution in [-0.2, 0) is 19.0 Å². The van der Waals surface area contributed by atoms with Gasteiger partial charge in [-0.05, 0) is 68.6 Å². The largest absolute Gasteiger partial charge is 0.458 e. The summed E-state index contributed by atoms with van der Waals surface area (Å²) >= 11 is 0. The molecule has 13 atom stereocenters. The summed E-state index contributed by atoms with van der Waals surface area (Å²) in [5.74, 6) is -0.587. The van der Waals surface area contributed by atoms with Crippen LogP contribution in [0, 0.1) is 22.7 Å². The van der Waals surface area contributed by atoms with E-state index in [0.717, 1.165) is 0 Å². The molecule has 6 aliphatic rings. The number of carbonyl (C=O) groups excluding carboxylic acids is 1.